The summed E-state index contributed by atoms with van der Waals surface area (Å²) in [4.78, 5) is 11.1. The van der Waals surface area contributed by atoms with Crippen molar-refractivity contribution in [2.45, 2.75) is 19.9 Å². The van der Waals surface area contributed by atoms with Crippen molar-refractivity contribution < 1.29 is 9.90 Å². The molecule has 2 aromatic rings. The molecule has 1 aromatic carbocycles. The minimum atomic E-state index is -0.926. The molecule has 0 unspecified atom stereocenters. The van der Waals surface area contributed by atoms with Gasteiger partial charge in [-0.05, 0) is 18.1 Å². The van der Waals surface area contributed by atoms with Gasteiger partial charge in [0.1, 0.15) is 5.56 Å². The summed E-state index contributed by atoms with van der Waals surface area (Å²) in [6.07, 6.45) is 2.06. The molecular weight excluding hydrogens is 296 g/mol. The lowest BCUT2D eigenvalue weighted by atomic mass is 10.2. The number of halogens is 1. The van der Waals surface area contributed by atoms with Crippen molar-refractivity contribution >= 4 is 21.9 Å². The van der Waals surface area contributed by atoms with Crippen LogP contribution in [-0.2, 0) is 13.0 Å². The fourth-order valence-corrected chi connectivity index (χ4v) is 2.30. The Morgan fingerprint density at radius 2 is 2.17 bits per heavy atom. The molecule has 1 aromatic heterocycles. The number of benzene rings is 1. The van der Waals surface area contributed by atoms with Crippen LogP contribution in [0, 0.1) is 0 Å². The maximum absolute atomic E-state index is 11.1. The molecule has 1 N–H and O–H groups in total. The molecule has 5 heteroatoms. The van der Waals surface area contributed by atoms with Crippen molar-refractivity contribution in [3.63, 3.8) is 0 Å². The highest BCUT2D eigenvalue weighted by Crippen LogP contribution is 2.19. The van der Waals surface area contributed by atoms with E-state index in [4.69, 9.17) is 5.11 Å². The minimum Gasteiger partial charge on any atom is -0.478 e. The molecule has 0 amide bonds. The monoisotopic (exact) mass is 308 g/mol. The largest absolute Gasteiger partial charge is 0.478 e. The second kappa shape index (κ2) is 5.35. The van der Waals surface area contributed by atoms with Crippen LogP contribution in [0.1, 0.15) is 28.5 Å². The van der Waals surface area contributed by atoms with Crippen molar-refractivity contribution in [3.8, 4) is 0 Å². The van der Waals surface area contributed by atoms with E-state index >= 15 is 0 Å². The number of aromatic nitrogens is 2. The van der Waals surface area contributed by atoms with Gasteiger partial charge in [0.2, 0.25) is 0 Å². The van der Waals surface area contributed by atoms with Crippen molar-refractivity contribution in [2.24, 2.45) is 0 Å². The molecule has 0 fully saturated rings. The molecule has 0 bridgehead atoms. The molecule has 18 heavy (non-hydrogen) atoms. The Hall–Kier alpha value is -1.62. The Balaban J connectivity index is 2.35. The quantitative estimate of drug-likeness (QED) is 0.944. The van der Waals surface area contributed by atoms with Gasteiger partial charge < -0.3 is 5.11 Å². The molecule has 0 atom stereocenters. The van der Waals surface area contributed by atoms with E-state index in [1.54, 1.807) is 4.68 Å². The number of carbonyl (C=O) groups is 1. The van der Waals surface area contributed by atoms with Crippen LogP contribution in [0.4, 0.5) is 0 Å². The van der Waals surface area contributed by atoms with E-state index in [-0.39, 0.29) is 5.56 Å². The Morgan fingerprint density at radius 1 is 1.44 bits per heavy atom. The molecule has 0 saturated heterocycles. The summed E-state index contributed by atoms with van der Waals surface area (Å²) in [5.41, 5.74) is 2.11. The van der Waals surface area contributed by atoms with Crippen LogP contribution in [0.25, 0.3) is 0 Å². The molecule has 0 radical (unpaired) electrons. The molecule has 94 valence electrons. The van der Waals surface area contributed by atoms with Gasteiger partial charge in [-0.15, -0.1) is 0 Å². The topological polar surface area (TPSA) is 55.1 Å². The first-order valence-electron chi connectivity index (χ1n) is 5.64. The van der Waals surface area contributed by atoms with E-state index in [9.17, 15) is 4.79 Å². The third kappa shape index (κ3) is 2.46. The molecule has 0 aliphatic rings. The second-order valence-corrected chi connectivity index (χ2v) is 4.77. The van der Waals surface area contributed by atoms with Crippen LogP contribution in [0.2, 0.25) is 0 Å². The average molecular weight is 309 g/mol. The maximum atomic E-state index is 11.1. The standard InChI is InChI=1S/C13H13BrN2O2/c1-2-12-10(13(17)18)7-15-16(12)8-9-5-3-4-6-11(9)14/h3-7H,2,8H2,1H3,(H,17,18). The highest BCUT2D eigenvalue weighted by atomic mass is 79.9. The molecule has 0 spiro atoms. The van der Waals surface area contributed by atoms with Gasteiger partial charge in [0.15, 0.2) is 0 Å². The summed E-state index contributed by atoms with van der Waals surface area (Å²) < 4.78 is 2.74. The van der Waals surface area contributed by atoms with Gasteiger partial charge in [0.05, 0.1) is 18.4 Å². The number of aromatic carboxylic acids is 1. The number of carboxylic acid groups (broad SMARTS) is 1. The summed E-state index contributed by atoms with van der Waals surface area (Å²) in [5, 5.41) is 13.2. The molecule has 1 heterocycles. The van der Waals surface area contributed by atoms with Crippen LogP contribution in [0.3, 0.4) is 0 Å². The van der Waals surface area contributed by atoms with E-state index in [0.29, 0.717) is 13.0 Å². The third-order valence-electron chi connectivity index (χ3n) is 2.79. The van der Waals surface area contributed by atoms with Gasteiger partial charge in [-0.25, -0.2) is 4.79 Å². The van der Waals surface area contributed by atoms with Crippen molar-refractivity contribution in [2.75, 3.05) is 0 Å². The molecule has 0 aliphatic heterocycles. The van der Waals surface area contributed by atoms with Crippen molar-refractivity contribution in [3.05, 3.63) is 51.8 Å². The van der Waals surface area contributed by atoms with Crippen LogP contribution in [-0.4, -0.2) is 20.9 Å². The highest BCUT2D eigenvalue weighted by molar-refractivity contribution is 9.10. The van der Waals surface area contributed by atoms with E-state index < -0.39 is 5.97 Å². The summed E-state index contributed by atoms with van der Waals surface area (Å²) >= 11 is 3.48. The van der Waals surface area contributed by atoms with Crippen molar-refractivity contribution in [1.29, 1.82) is 0 Å². The van der Waals surface area contributed by atoms with Gasteiger partial charge in [0, 0.05) is 4.47 Å². The van der Waals surface area contributed by atoms with Gasteiger partial charge in [-0.3, -0.25) is 4.68 Å². The Morgan fingerprint density at radius 3 is 2.78 bits per heavy atom. The Bertz CT molecular complexity index is 578. The summed E-state index contributed by atoms with van der Waals surface area (Å²) in [6.45, 7) is 2.50. The normalized spacial score (nSPS) is 10.6. The molecule has 4 nitrogen and oxygen atoms in total. The third-order valence-corrected chi connectivity index (χ3v) is 3.57. The van der Waals surface area contributed by atoms with E-state index in [1.165, 1.54) is 6.20 Å². The number of nitrogens with zero attached hydrogens (tertiary/aromatic N) is 2. The summed E-state index contributed by atoms with van der Waals surface area (Å²) in [7, 11) is 0. The zero-order chi connectivity index (χ0) is 13.1. The SMILES string of the molecule is CCc1c(C(=O)O)cnn1Cc1ccccc1Br. The predicted octanol–water partition coefficient (Wildman–Crippen LogP) is 2.95. The number of hydrogen-bond acceptors (Lipinski definition) is 2. The molecule has 0 saturated carbocycles. The minimum absolute atomic E-state index is 0.282. The smallest absolute Gasteiger partial charge is 0.339 e. The number of rotatable bonds is 4. The van der Waals surface area contributed by atoms with E-state index in [1.807, 2.05) is 31.2 Å². The lowest BCUT2D eigenvalue weighted by Crippen LogP contribution is -2.08. The van der Waals surface area contributed by atoms with Crippen molar-refractivity contribution in [1.82, 2.24) is 9.78 Å². The lowest BCUT2D eigenvalue weighted by Gasteiger charge is -2.08. The zero-order valence-corrected chi connectivity index (χ0v) is 11.5. The van der Waals surface area contributed by atoms with Crippen LogP contribution in [0.15, 0.2) is 34.9 Å². The first-order valence-corrected chi connectivity index (χ1v) is 6.44. The number of hydrogen-bond donors (Lipinski definition) is 1. The van der Waals surface area contributed by atoms with Crippen LogP contribution >= 0.6 is 15.9 Å². The first kappa shape index (κ1) is 12.8. The fourth-order valence-electron chi connectivity index (χ4n) is 1.89. The fraction of sp³-hybridized carbons (Fsp3) is 0.231. The van der Waals surface area contributed by atoms with Gasteiger partial charge in [0.25, 0.3) is 0 Å². The molecule has 0 aliphatic carbocycles. The van der Waals surface area contributed by atoms with Gasteiger partial charge in [-0.2, -0.15) is 5.10 Å². The van der Waals surface area contributed by atoms with E-state index in [2.05, 4.69) is 21.0 Å². The van der Waals surface area contributed by atoms with Crippen LogP contribution in [0.5, 0.6) is 0 Å². The summed E-state index contributed by atoms with van der Waals surface area (Å²) in [5.74, 6) is -0.926. The Labute approximate surface area is 113 Å². The van der Waals surface area contributed by atoms with Gasteiger partial charge in [-0.1, -0.05) is 41.1 Å². The lowest BCUT2D eigenvalue weighted by molar-refractivity contribution is 0.0695. The number of carboxylic acids is 1. The molecular formula is C13H13BrN2O2. The first-order chi connectivity index (χ1) is 8.63. The highest BCUT2D eigenvalue weighted by Gasteiger charge is 2.15. The molecule has 2 rings (SSSR count). The predicted molar refractivity (Wildman–Crippen MR) is 71.8 cm³/mol. The Kier molecular flexibility index (Phi) is 3.81. The zero-order valence-electron chi connectivity index (χ0n) is 9.93. The average Bonchev–Trinajstić information content (AvgIpc) is 2.75. The van der Waals surface area contributed by atoms with E-state index in [0.717, 1.165) is 15.7 Å². The maximum Gasteiger partial charge on any atom is 0.339 e. The van der Waals surface area contributed by atoms with Gasteiger partial charge >= 0.3 is 5.97 Å². The summed E-state index contributed by atoms with van der Waals surface area (Å²) in [6, 6.07) is 7.85. The second-order valence-electron chi connectivity index (χ2n) is 3.91. The van der Waals surface area contributed by atoms with Crippen LogP contribution < -0.4 is 0 Å².